The number of nitrogens with one attached hydrogen (secondary N) is 1. The molecular formula is C11H22N2O3. The Morgan fingerprint density at radius 2 is 2.06 bits per heavy atom. The van der Waals surface area contributed by atoms with Crippen LogP contribution in [0.1, 0.15) is 33.6 Å². The number of hydrogen-bond donors (Lipinski definition) is 3. The molecule has 0 rings (SSSR count). The number of amides is 1. The highest BCUT2D eigenvalue weighted by molar-refractivity contribution is 5.78. The van der Waals surface area contributed by atoms with Crippen LogP contribution in [-0.4, -0.2) is 30.1 Å². The van der Waals surface area contributed by atoms with Crippen molar-refractivity contribution in [1.29, 1.82) is 0 Å². The zero-order valence-corrected chi connectivity index (χ0v) is 10.2. The molecule has 0 fully saturated rings. The second kappa shape index (κ2) is 6.48. The molecule has 0 aromatic carbocycles. The molecule has 0 bridgehead atoms. The summed E-state index contributed by atoms with van der Waals surface area (Å²) >= 11 is 0. The minimum absolute atomic E-state index is 0.123. The van der Waals surface area contributed by atoms with Crippen molar-refractivity contribution in [2.75, 3.05) is 13.1 Å². The van der Waals surface area contributed by atoms with E-state index >= 15 is 0 Å². The first-order valence-corrected chi connectivity index (χ1v) is 5.56. The predicted octanol–water partition coefficient (Wildman–Crippen LogP) is 0.588. The maximum Gasteiger partial charge on any atom is 0.311 e. The Balaban J connectivity index is 4.13. The summed E-state index contributed by atoms with van der Waals surface area (Å²) in [4.78, 5) is 22.4. The van der Waals surface area contributed by atoms with Crippen molar-refractivity contribution < 1.29 is 14.7 Å². The van der Waals surface area contributed by atoms with Crippen LogP contribution < -0.4 is 11.1 Å². The molecule has 5 heteroatoms. The zero-order valence-electron chi connectivity index (χ0n) is 10.2. The SMILES string of the molecule is CCC(C)(CNC(=O)CC(C)CN)C(=O)O. The van der Waals surface area contributed by atoms with E-state index in [0.717, 1.165) is 0 Å². The largest absolute Gasteiger partial charge is 0.481 e. The molecule has 0 radical (unpaired) electrons. The van der Waals surface area contributed by atoms with Gasteiger partial charge in [-0.05, 0) is 25.8 Å². The fraction of sp³-hybridized carbons (Fsp3) is 0.818. The third-order valence-electron chi connectivity index (χ3n) is 2.91. The van der Waals surface area contributed by atoms with Crippen LogP contribution in [0.5, 0.6) is 0 Å². The number of aliphatic carboxylic acids is 1. The molecule has 2 unspecified atom stereocenters. The zero-order chi connectivity index (χ0) is 12.8. The van der Waals surface area contributed by atoms with Gasteiger partial charge in [0, 0.05) is 13.0 Å². The lowest BCUT2D eigenvalue weighted by molar-refractivity contribution is -0.148. The van der Waals surface area contributed by atoms with Crippen LogP contribution >= 0.6 is 0 Å². The van der Waals surface area contributed by atoms with Crippen LogP contribution in [0.25, 0.3) is 0 Å². The van der Waals surface area contributed by atoms with Gasteiger partial charge in [0.2, 0.25) is 5.91 Å². The fourth-order valence-electron chi connectivity index (χ4n) is 1.12. The van der Waals surface area contributed by atoms with Gasteiger partial charge in [0.15, 0.2) is 0 Å². The molecule has 2 atom stereocenters. The average molecular weight is 230 g/mol. The van der Waals surface area contributed by atoms with Crippen molar-refractivity contribution in [3.8, 4) is 0 Å². The summed E-state index contributed by atoms with van der Waals surface area (Å²) < 4.78 is 0. The van der Waals surface area contributed by atoms with Gasteiger partial charge in [-0.1, -0.05) is 13.8 Å². The van der Waals surface area contributed by atoms with E-state index in [1.54, 1.807) is 13.8 Å². The first-order chi connectivity index (χ1) is 7.35. The van der Waals surface area contributed by atoms with Crippen molar-refractivity contribution in [2.45, 2.75) is 33.6 Å². The first kappa shape index (κ1) is 14.9. The van der Waals surface area contributed by atoms with Gasteiger partial charge < -0.3 is 16.2 Å². The molecule has 4 N–H and O–H groups in total. The Labute approximate surface area is 96.4 Å². The van der Waals surface area contributed by atoms with E-state index in [9.17, 15) is 9.59 Å². The highest BCUT2D eigenvalue weighted by Gasteiger charge is 2.31. The standard InChI is InChI=1S/C11H22N2O3/c1-4-11(3,10(15)16)7-13-9(14)5-8(2)6-12/h8H,4-7,12H2,1-3H3,(H,13,14)(H,15,16). The quantitative estimate of drug-likeness (QED) is 0.596. The molecule has 1 amide bonds. The second-order valence-electron chi connectivity index (χ2n) is 4.54. The summed E-state index contributed by atoms with van der Waals surface area (Å²) in [5.74, 6) is -0.904. The van der Waals surface area contributed by atoms with Crippen molar-refractivity contribution in [3.05, 3.63) is 0 Å². The van der Waals surface area contributed by atoms with E-state index in [2.05, 4.69) is 5.32 Å². The lowest BCUT2D eigenvalue weighted by Gasteiger charge is -2.23. The number of carbonyl (C=O) groups is 2. The van der Waals surface area contributed by atoms with E-state index in [-0.39, 0.29) is 18.4 Å². The molecule has 94 valence electrons. The summed E-state index contributed by atoms with van der Waals surface area (Å²) in [7, 11) is 0. The molecule has 0 aliphatic carbocycles. The lowest BCUT2D eigenvalue weighted by Crippen LogP contribution is -2.41. The summed E-state index contributed by atoms with van der Waals surface area (Å²) in [6, 6.07) is 0. The van der Waals surface area contributed by atoms with Crippen LogP contribution in [0.3, 0.4) is 0 Å². The third kappa shape index (κ3) is 4.61. The Kier molecular flexibility index (Phi) is 6.03. The number of hydrogen-bond acceptors (Lipinski definition) is 3. The number of rotatable bonds is 7. The van der Waals surface area contributed by atoms with Crippen LogP contribution in [0.2, 0.25) is 0 Å². The minimum Gasteiger partial charge on any atom is -0.481 e. The van der Waals surface area contributed by atoms with Crippen LogP contribution in [-0.2, 0) is 9.59 Å². The van der Waals surface area contributed by atoms with Crippen LogP contribution in [0, 0.1) is 11.3 Å². The van der Waals surface area contributed by atoms with Crippen molar-refractivity contribution >= 4 is 11.9 Å². The molecule has 0 aliphatic rings. The van der Waals surface area contributed by atoms with Crippen molar-refractivity contribution in [1.82, 2.24) is 5.32 Å². The number of carboxylic acid groups (broad SMARTS) is 1. The first-order valence-electron chi connectivity index (χ1n) is 5.56. The van der Waals surface area contributed by atoms with Crippen LogP contribution in [0.4, 0.5) is 0 Å². The van der Waals surface area contributed by atoms with E-state index in [0.29, 0.717) is 19.4 Å². The van der Waals surface area contributed by atoms with Crippen molar-refractivity contribution in [2.24, 2.45) is 17.1 Å². The molecule has 0 aromatic rings. The van der Waals surface area contributed by atoms with Crippen LogP contribution in [0.15, 0.2) is 0 Å². The second-order valence-corrected chi connectivity index (χ2v) is 4.54. The average Bonchev–Trinajstić information content (AvgIpc) is 2.25. The summed E-state index contributed by atoms with van der Waals surface area (Å²) in [6.07, 6.45) is 0.824. The van der Waals surface area contributed by atoms with Crippen molar-refractivity contribution in [3.63, 3.8) is 0 Å². The van der Waals surface area contributed by atoms with E-state index < -0.39 is 11.4 Å². The Morgan fingerprint density at radius 1 is 1.50 bits per heavy atom. The monoisotopic (exact) mass is 230 g/mol. The van der Waals surface area contributed by atoms with E-state index in [1.165, 1.54) is 0 Å². The predicted molar refractivity (Wildman–Crippen MR) is 61.9 cm³/mol. The fourth-order valence-corrected chi connectivity index (χ4v) is 1.12. The minimum atomic E-state index is -0.887. The molecule has 0 aromatic heterocycles. The molecule has 0 aliphatic heterocycles. The number of carbonyl (C=O) groups excluding carboxylic acids is 1. The molecular weight excluding hydrogens is 208 g/mol. The van der Waals surface area contributed by atoms with Gasteiger partial charge in [0.1, 0.15) is 0 Å². The van der Waals surface area contributed by atoms with Gasteiger partial charge in [0.05, 0.1) is 5.41 Å². The Bertz CT molecular complexity index is 256. The molecule has 0 heterocycles. The van der Waals surface area contributed by atoms with Gasteiger partial charge in [-0.3, -0.25) is 9.59 Å². The maximum absolute atomic E-state index is 11.4. The summed E-state index contributed by atoms with van der Waals surface area (Å²) in [5.41, 5.74) is 4.52. The summed E-state index contributed by atoms with van der Waals surface area (Å²) in [5, 5.41) is 11.6. The van der Waals surface area contributed by atoms with Gasteiger partial charge in [0.25, 0.3) is 0 Å². The number of carboxylic acids is 1. The molecule has 0 spiro atoms. The lowest BCUT2D eigenvalue weighted by atomic mass is 9.87. The molecule has 0 saturated heterocycles. The topological polar surface area (TPSA) is 92.4 Å². The van der Waals surface area contributed by atoms with Gasteiger partial charge in [-0.15, -0.1) is 0 Å². The highest BCUT2D eigenvalue weighted by Crippen LogP contribution is 2.19. The van der Waals surface area contributed by atoms with Gasteiger partial charge >= 0.3 is 5.97 Å². The maximum atomic E-state index is 11.4. The van der Waals surface area contributed by atoms with E-state index in [1.807, 2.05) is 6.92 Å². The molecule has 16 heavy (non-hydrogen) atoms. The normalized spacial score (nSPS) is 16.2. The number of nitrogens with two attached hydrogens (primary N) is 1. The Hall–Kier alpha value is -1.10. The van der Waals surface area contributed by atoms with Gasteiger partial charge in [-0.2, -0.15) is 0 Å². The summed E-state index contributed by atoms with van der Waals surface area (Å²) in [6.45, 7) is 5.92. The smallest absolute Gasteiger partial charge is 0.311 e. The molecule has 0 saturated carbocycles. The third-order valence-corrected chi connectivity index (χ3v) is 2.91. The Morgan fingerprint density at radius 3 is 2.44 bits per heavy atom. The van der Waals surface area contributed by atoms with Gasteiger partial charge in [-0.25, -0.2) is 0 Å². The van der Waals surface area contributed by atoms with E-state index in [4.69, 9.17) is 10.8 Å². The highest BCUT2D eigenvalue weighted by atomic mass is 16.4. The molecule has 5 nitrogen and oxygen atoms in total.